The first kappa shape index (κ1) is 16.4. The summed E-state index contributed by atoms with van der Waals surface area (Å²) < 4.78 is 0. The number of amides is 3. The van der Waals surface area contributed by atoms with Gasteiger partial charge in [-0.25, -0.2) is 0 Å². The minimum absolute atomic E-state index is 0.0619. The van der Waals surface area contributed by atoms with Crippen molar-refractivity contribution in [2.75, 3.05) is 6.54 Å². The lowest BCUT2D eigenvalue weighted by Crippen LogP contribution is -2.42. The van der Waals surface area contributed by atoms with Gasteiger partial charge in [0.25, 0.3) is 0 Å². The lowest BCUT2D eigenvalue weighted by molar-refractivity contribution is -0.122. The molecule has 0 aliphatic heterocycles. The Labute approximate surface area is 107 Å². The number of rotatable bonds is 11. The van der Waals surface area contributed by atoms with Gasteiger partial charge in [-0.05, 0) is 33.2 Å². The normalized spacial score (nSPS) is 13.2. The summed E-state index contributed by atoms with van der Waals surface area (Å²) in [6.45, 7) is 4.27. The Morgan fingerprint density at radius 2 is 1.67 bits per heavy atom. The Bertz CT molecular complexity index is 261. The highest BCUT2D eigenvalue weighted by Gasteiger charge is 2.05. The summed E-state index contributed by atoms with van der Waals surface area (Å²) in [4.78, 5) is 31.6. The van der Waals surface area contributed by atoms with E-state index in [2.05, 4.69) is 21.3 Å². The maximum atomic E-state index is 11.4. The third kappa shape index (κ3) is 9.59. The van der Waals surface area contributed by atoms with E-state index in [0.29, 0.717) is 19.2 Å². The summed E-state index contributed by atoms with van der Waals surface area (Å²) in [5, 5.41) is 10.7. The second-order valence-corrected chi connectivity index (χ2v) is 3.99. The number of hydrogen-bond donors (Lipinski definition) is 4. The third-order valence-corrected chi connectivity index (χ3v) is 2.29. The Balaban J connectivity index is 3.45. The van der Waals surface area contributed by atoms with Crippen LogP contribution in [0.3, 0.4) is 0 Å². The van der Waals surface area contributed by atoms with E-state index in [1.165, 1.54) is 0 Å². The summed E-state index contributed by atoms with van der Waals surface area (Å²) in [5.74, 6) is -0.0871. The maximum Gasteiger partial charge on any atom is 0.221 e. The number of carbonyl (C=O) groups is 3. The van der Waals surface area contributed by atoms with Crippen molar-refractivity contribution in [2.45, 2.75) is 45.4 Å². The SMILES string of the molecule is CC(NC=O)NCCCCC(=O)NC(C)NC=O. The Hall–Kier alpha value is -1.63. The van der Waals surface area contributed by atoms with Crippen LogP contribution in [0.5, 0.6) is 0 Å². The predicted octanol–water partition coefficient (Wildman–Crippen LogP) is -0.953. The molecule has 0 rings (SSSR count). The number of unbranched alkanes of at least 4 members (excludes halogenated alkanes) is 1. The van der Waals surface area contributed by atoms with Crippen molar-refractivity contribution in [3.05, 3.63) is 0 Å². The van der Waals surface area contributed by atoms with Crippen LogP contribution in [0.4, 0.5) is 0 Å². The monoisotopic (exact) mass is 258 g/mol. The van der Waals surface area contributed by atoms with Crippen LogP contribution in [0.15, 0.2) is 0 Å². The fourth-order valence-corrected chi connectivity index (χ4v) is 1.35. The second kappa shape index (κ2) is 10.5. The lowest BCUT2D eigenvalue weighted by atomic mass is 10.2. The molecule has 7 nitrogen and oxygen atoms in total. The molecule has 0 heterocycles. The molecular formula is C11H22N4O3. The van der Waals surface area contributed by atoms with Crippen molar-refractivity contribution in [3.8, 4) is 0 Å². The molecule has 0 saturated carbocycles. The average Bonchev–Trinajstić information content (AvgIpc) is 2.29. The molecule has 0 radical (unpaired) electrons. The molecule has 0 saturated heterocycles. The summed E-state index contributed by atoms with van der Waals surface area (Å²) in [5.41, 5.74) is 0. The lowest BCUT2D eigenvalue weighted by Gasteiger charge is -2.13. The van der Waals surface area contributed by atoms with Crippen molar-refractivity contribution >= 4 is 18.7 Å². The maximum absolute atomic E-state index is 11.4. The van der Waals surface area contributed by atoms with Gasteiger partial charge >= 0.3 is 0 Å². The van der Waals surface area contributed by atoms with Gasteiger partial charge < -0.3 is 16.0 Å². The molecule has 104 valence electrons. The fraction of sp³-hybridized carbons (Fsp3) is 0.727. The second-order valence-electron chi connectivity index (χ2n) is 3.99. The highest BCUT2D eigenvalue weighted by Crippen LogP contribution is 1.94. The van der Waals surface area contributed by atoms with Crippen molar-refractivity contribution in [3.63, 3.8) is 0 Å². The van der Waals surface area contributed by atoms with E-state index < -0.39 is 0 Å². The van der Waals surface area contributed by atoms with E-state index in [0.717, 1.165) is 19.4 Å². The van der Waals surface area contributed by atoms with Gasteiger partial charge in [0.15, 0.2) is 0 Å². The molecule has 0 aliphatic rings. The van der Waals surface area contributed by atoms with Gasteiger partial charge in [0.2, 0.25) is 18.7 Å². The van der Waals surface area contributed by atoms with E-state index >= 15 is 0 Å². The van der Waals surface area contributed by atoms with Crippen LogP contribution in [0.1, 0.15) is 33.1 Å². The highest BCUT2D eigenvalue weighted by molar-refractivity contribution is 5.76. The molecule has 0 aromatic rings. The Morgan fingerprint density at radius 3 is 2.28 bits per heavy atom. The Kier molecular flexibility index (Phi) is 9.57. The minimum atomic E-state index is -0.343. The summed E-state index contributed by atoms with van der Waals surface area (Å²) in [6.07, 6.45) is 2.80. The number of carbonyl (C=O) groups excluding carboxylic acids is 3. The average molecular weight is 258 g/mol. The zero-order valence-electron chi connectivity index (χ0n) is 10.9. The van der Waals surface area contributed by atoms with Crippen LogP contribution in [0.2, 0.25) is 0 Å². The molecule has 4 N–H and O–H groups in total. The molecule has 0 spiro atoms. The number of hydrogen-bond acceptors (Lipinski definition) is 4. The van der Waals surface area contributed by atoms with Gasteiger partial charge in [0, 0.05) is 6.42 Å². The standard InChI is InChI=1S/C11H22N4O3/c1-9(13-7-16)12-6-4-3-5-11(18)15-10(2)14-8-17/h7-10,12H,3-6H2,1-2H3,(H,13,16)(H,14,17)(H,15,18). The van der Waals surface area contributed by atoms with Gasteiger partial charge in [-0.1, -0.05) is 0 Å². The largest absolute Gasteiger partial charge is 0.344 e. The number of nitrogens with one attached hydrogen (secondary N) is 4. The molecule has 0 bridgehead atoms. The van der Waals surface area contributed by atoms with Crippen molar-refractivity contribution in [1.29, 1.82) is 0 Å². The van der Waals surface area contributed by atoms with Gasteiger partial charge in [0.05, 0.1) is 12.3 Å². The molecule has 0 aliphatic carbocycles. The van der Waals surface area contributed by atoms with Crippen LogP contribution in [0.25, 0.3) is 0 Å². The van der Waals surface area contributed by atoms with Crippen LogP contribution >= 0.6 is 0 Å². The molecule has 7 heteroatoms. The fourth-order valence-electron chi connectivity index (χ4n) is 1.35. The predicted molar refractivity (Wildman–Crippen MR) is 67.3 cm³/mol. The molecule has 2 atom stereocenters. The van der Waals surface area contributed by atoms with Crippen LogP contribution < -0.4 is 21.3 Å². The van der Waals surface area contributed by atoms with Gasteiger partial charge in [-0.2, -0.15) is 0 Å². The first-order valence-corrected chi connectivity index (χ1v) is 6.02. The van der Waals surface area contributed by atoms with Gasteiger partial charge in [-0.15, -0.1) is 0 Å². The smallest absolute Gasteiger partial charge is 0.221 e. The summed E-state index contributed by atoms with van der Waals surface area (Å²) >= 11 is 0. The van der Waals surface area contributed by atoms with E-state index in [4.69, 9.17) is 0 Å². The molecule has 0 aromatic heterocycles. The van der Waals surface area contributed by atoms with E-state index in [1.54, 1.807) is 6.92 Å². The van der Waals surface area contributed by atoms with Crippen molar-refractivity contribution in [2.24, 2.45) is 0 Å². The quantitative estimate of drug-likeness (QED) is 0.218. The zero-order valence-corrected chi connectivity index (χ0v) is 10.9. The van der Waals surface area contributed by atoms with E-state index in [-0.39, 0.29) is 18.2 Å². The van der Waals surface area contributed by atoms with Gasteiger partial charge in [-0.3, -0.25) is 19.7 Å². The molecule has 18 heavy (non-hydrogen) atoms. The van der Waals surface area contributed by atoms with Crippen LogP contribution in [-0.4, -0.2) is 37.6 Å². The zero-order chi connectivity index (χ0) is 13.8. The van der Waals surface area contributed by atoms with E-state index in [1.807, 2.05) is 6.92 Å². The highest BCUT2D eigenvalue weighted by atomic mass is 16.2. The minimum Gasteiger partial charge on any atom is -0.344 e. The van der Waals surface area contributed by atoms with Crippen LogP contribution in [-0.2, 0) is 14.4 Å². The van der Waals surface area contributed by atoms with E-state index in [9.17, 15) is 14.4 Å². The van der Waals surface area contributed by atoms with Crippen molar-refractivity contribution < 1.29 is 14.4 Å². The topological polar surface area (TPSA) is 99.3 Å². The molecule has 0 aromatic carbocycles. The summed E-state index contributed by atoms with van der Waals surface area (Å²) in [7, 11) is 0. The molecule has 3 amide bonds. The Morgan fingerprint density at radius 1 is 1.06 bits per heavy atom. The molecular weight excluding hydrogens is 236 g/mol. The first-order chi connectivity index (χ1) is 8.60. The third-order valence-electron chi connectivity index (χ3n) is 2.29. The summed E-state index contributed by atoms with van der Waals surface area (Å²) in [6, 6.07) is 0. The van der Waals surface area contributed by atoms with Crippen molar-refractivity contribution in [1.82, 2.24) is 21.3 Å². The van der Waals surface area contributed by atoms with Gasteiger partial charge in [0.1, 0.15) is 0 Å². The van der Waals surface area contributed by atoms with Crippen LogP contribution in [0, 0.1) is 0 Å². The molecule has 0 fully saturated rings. The molecule has 2 unspecified atom stereocenters. The first-order valence-electron chi connectivity index (χ1n) is 6.02.